The molecule has 96 valence electrons. The monoisotopic (exact) mass is 257 g/mol. The molecule has 0 aliphatic carbocycles. The number of nitrogens with one attached hydrogen (secondary N) is 1. The lowest BCUT2D eigenvalue weighted by Crippen LogP contribution is -2.32. The Morgan fingerprint density at radius 3 is 2.88 bits per heavy atom. The molecule has 0 aliphatic heterocycles. The van der Waals surface area contributed by atoms with Gasteiger partial charge in [-0.05, 0) is 26.7 Å². The van der Waals surface area contributed by atoms with Crippen molar-refractivity contribution >= 4 is 17.5 Å². The van der Waals surface area contributed by atoms with Crippen molar-refractivity contribution in [3.8, 4) is 5.88 Å². The Morgan fingerprint density at radius 2 is 2.24 bits per heavy atom. The molecular formula is C12H20ClN3O. The van der Waals surface area contributed by atoms with Crippen LogP contribution in [0.15, 0.2) is 12.3 Å². The van der Waals surface area contributed by atoms with Crippen molar-refractivity contribution in [3.05, 3.63) is 12.3 Å². The Bertz CT molecular complexity index is 344. The molecule has 1 N–H and O–H groups in total. The van der Waals surface area contributed by atoms with Gasteiger partial charge in [-0.3, -0.25) is 0 Å². The zero-order valence-electron chi connectivity index (χ0n) is 10.7. The Balaban J connectivity index is 2.64. The molecule has 1 heterocycles. The second kappa shape index (κ2) is 6.64. The third-order valence-corrected chi connectivity index (χ3v) is 2.44. The molecule has 4 nitrogen and oxygen atoms in total. The fourth-order valence-electron chi connectivity index (χ4n) is 1.29. The molecule has 0 spiro atoms. The fourth-order valence-corrected chi connectivity index (χ4v) is 1.76. The van der Waals surface area contributed by atoms with Gasteiger partial charge in [-0.1, -0.05) is 6.92 Å². The highest BCUT2D eigenvalue weighted by Gasteiger charge is 2.17. The molecule has 0 aromatic carbocycles. The minimum atomic E-state index is -0.120. The van der Waals surface area contributed by atoms with Crippen LogP contribution in [0.1, 0.15) is 33.6 Å². The van der Waals surface area contributed by atoms with Crippen LogP contribution in [0.25, 0.3) is 0 Å². The van der Waals surface area contributed by atoms with E-state index in [1.54, 1.807) is 12.3 Å². The van der Waals surface area contributed by atoms with E-state index in [0.29, 0.717) is 24.3 Å². The Hall–Kier alpha value is -1.03. The molecule has 0 unspecified atom stereocenters. The molecule has 17 heavy (non-hydrogen) atoms. The lowest BCUT2D eigenvalue weighted by Gasteiger charge is -2.25. The van der Waals surface area contributed by atoms with E-state index in [0.717, 1.165) is 12.8 Å². The maximum Gasteiger partial charge on any atom is 0.226 e. The average molecular weight is 258 g/mol. The Kier molecular flexibility index (Phi) is 5.48. The molecule has 0 amide bonds. The van der Waals surface area contributed by atoms with E-state index >= 15 is 0 Å². The summed E-state index contributed by atoms with van der Waals surface area (Å²) >= 11 is 5.75. The van der Waals surface area contributed by atoms with Gasteiger partial charge in [0.15, 0.2) is 0 Å². The molecule has 1 aromatic rings. The summed E-state index contributed by atoms with van der Waals surface area (Å²) in [5, 5.41) is 3.25. The van der Waals surface area contributed by atoms with Gasteiger partial charge >= 0.3 is 0 Å². The summed E-state index contributed by atoms with van der Waals surface area (Å²) in [6, 6.07) is 1.76. The van der Waals surface area contributed by atoms with E-state index in [2.05, 4.69) is 36.1 Å². The van der Waals surface area contributed by atoms with Crippen molar-refractivity contribution in [1.29, 1.82) is 0 Å². The third kappa shape index (κ3) is 5.22. The van der Waals surface area contributed by atoms with Gasteiger partial charge < -0.3 is 10.1 Å². The van der Waals surface area contributed by atoms with Crippen molar-refractivity contribution < 1.29 is 4.74 Å². The van der Waals surface area contributed by atoms with Gasteiger partial charge in [0.2, 0.25) is 11.8 Å². The largest absolute Gasteiger partial charge is 0.478 e. The molecule has 1 rings (SSSR count). The van der Waals surface area contributed by atoms with Crippen molar-refractivity contribution in [3.63, 3.8) is 0 Å². The molecular weight excluding hydrogens is 238 g/mol. The molecule has 1 aromatic heterocycles. The number of hydrogen-bond acceptors (Lipinski definition) is 4. The minimum Gasteiger partial charge on any atom is -0.478 e. The summed E-state index contributed by atoms with van der Waals surface area (Å²) < 4.78 is 5.45. The van der Waals surface area contributed by atoms with Crippen LogP contribution >= 0.6 is 11.6 Å². The lowest BCUT2D eigenvalue weighted by molar-refractivity contribution is 0.305. The van der Waals surface area contributed by atoms with Crippen LogP contribution in [0, 0.1) is 0 Å². The van der Waals surface area contributed by atoms with Gasteiger partial charge in [-0.25, -0.2) is 4.98 Å². The number of halogens is 1. The van der Waals surface area contributed by atoms with Crippen LogP contribution < -0.4 is 10.1 Å². The molecule has 0 fully saturated rings. The predicted octanol–water partition coefficient (Wildman–Crippen LogP) is 3.08. The molecule has 0 atom stereocenters. The maximum atomic E-state index is 5.75. The summed E-state index contributed by atoms with van der Waals surface area (Å²) in [6.07, 6.45) is 3.50. The number of ether oxygens (including phenoxy) is 1. The van der Waals surface area contributed by atoms with Crippen molar-refractivity contribution in [1.82, 2.24) is 9.97 Å². The highest BCUT2D eigenvalue weighted by Crippen LogP contribution is 2.17. The number of hydrogen-bond donors (Lipinski definition) is 1. The summed E-state index contributed by atoms with van der Waals surface area (Å²) in [5.41, 5.74) is -0.120. The van der Waals surface area contributed by atoms with Gasteiger partial charge in [0.05, 0.1) is 6.61 Å². The zero-order valence-corrected chi connectivity index (χ0v) is 11.4. The van der Waals surface area contributed by atoms with Gasteiger partial charge in [0.25, 0.3) is 0 Å². The number of anilines is 1. The minimum absolute atomic E-state index is 0.120. The van der Waals surface area contributed by atoms with Crippen molar-refractivity contribution in [2.45, 2.75) is 39.2 Å². The van der Waals surface area contributed by atoms with Gasteiger partial charge in [-0.2, -0.15) is 4.98 Å². The topological polar surface area (TPSA) is 47.0 Å². The molecule has 0 aliphatic rings. The highest BCUT2D eigenvalue weighted by molar-refractivity contribution is 6.17. The van der Waals surface area contributed by atoms with Crippen LogP contribution in [0.4, 0.5) is 5.95 Å². The Morgan fingerprint density at radius 1 is 1.47 bits per heavy atom. The van der Waals surface area contributed by atoms with Crippen molar-refractivity contribution in [2.75, 3.05) is 17.8 Å². The van der Waals surface area contributed by atoms with Gasteiger partial charge in [-0.15, -0.1) is 11.6 Å². The number of alkyl halides is 1. The second-order valence-corrected chi connectivity index (χ2v) is 4.89. The molecule has 5 heteroatoms. The predicted molar refractivity (Wildman–Crippen MR) is 70.9 cm³/mol. The Labute approximate surface area is 108 Å². The number of rotatable bonds is 7. The molecule has 0 radical (unpaired) electrons. The standard InChI is InChI=1S/C12H20ClN3O/c1-4-9-17-10-5-8-14-11(15-10)16-12(2,3)6-7-13/h5,8H,4,6-7,9H2,1-3H3,(H,14,15,16). The first-order chi connectivity index (χ1) is 8.07. The summed E-state index contributed by atoms with van der Waals surface area (Å²) in [5.74, 6) is 1.78. The maximum absolute atomic E-state index is 5.75. The first-order valence-electron chi connectivity index (χ1n) is 5.87. The number of aromatic nitrogens is 2. The summed E-state index contributed by atoms with van der Waals surface area (Å²) in [7, 11) is 0. The third-order valence-electron chi connectivity index (χ3n) is 2.25. The number of nitrogens with zero attached hydrogens (tertiary/aromatic N) is 2. The SMILES string of the molecule is CCCOc1ccnc(NC(C)(C)CCCl)n1. The smallest absolute Gasteiger partial charge is 0.226 e. The summed E-state index contributed by atoms with van der Waals surface area (Å²) in [4.78, 5) is 8.46. The molecule has 0 bridgehead atoms. The van der Waals surface area contributed by atoms with Crippen LogP contribution in [0.2, 0.25) is 0 Å². The average Bonchev–Trinajstić information content (AvgIpc) is 2.26. The molecule has 0 saturated heterocycles. The van der Waals surface area contributed by atoms with Crippen LogP contribution in [-0.4, -0.2) is 28.0 Å². The van der Waals surface area contributed by atoms with E-state index in [1.807, 2.05) is 0 Å². The first-order valence-corrected chi connectivity index (χ1v) is 6.41. The van der Waals surface area contributed by atoms with Crippen LogP contribution in [-0.2, 0) is 0 Å². The quantitative estimate of drug-likeness (QED) is 0.763. The normalized spacial score (nSPS) is 11.3. The van der Waals surface area contributed by atoms with Crippen LogP contribution in [0.5, 0.6) is 5.88 Å². The van der Waals surface area contributed by atoms with E-state index in [1.165, 1.54) is 0 Å². The van der Waals surface area contributed by atoms with E-state index in [-0.39, 0.29) is 5.54 Å². The highest BCUT2D eigenvalue weighted by atomic mass is 35.5. The van der Waals surface area contributed by atoms with Gasteiger partial charge in [0.1, 0.15) is 0 Å². The van der Waals surface area contributed by atoms with Crippen molar-refractivity contribution in [2.24, 2.45) is 0 Å². The van der Waals surface area contributed by atoms with E-state index in [9.17, 15) is 0 Å². The lowest BCUT2D eigenvalue weighted by atomic mass is 10.0. The first kappa shape index (κ1) is 14.0. The fraction of sp³-hybridized carbons (Fsp3) is 0.667. The second-order valence-electron chi connectivity index (χ2n) is 4.51. The van der Waals surface area contributed by atoms with Crippen LogP contribution in [0.3, 0.4) is 0 Å². The zero-order chi connectivity index (χ0) is 12.7. The van der Waals surface area contributed by atoms with E-state index < -0.39 is 0 Å². The van der Waals surface area contributed by atoms with Gasteiger partial charge in [0, 0.05) is 23.7 Å². The van der Waals surface area contributed by atoms with E-state index in [4.69, 9.17) is 16.3 Å². The summed E-state index contributed by atoms with van der Waals surface area (Å²) in [6.45, 7) is 6.86. The molecule has 0 saturated carbocycles.